The van der Waals surface area contributed by atoms with Crippen LogP contribution < -0.4 is 15.4 Å². The van der Waals surface area contributed by atoms with E-state index in [1.54, 1.807) is 37.4 Å². The third-order valence-electron chi connectivity index (χ3n) is 3.89. The molecule has 0 amide bonds. The maximum absolute atomic E-state index is 12.2. The van der Waals surface area contributed by atoms with Crippen molar-refractivity contribution in [3.05, 3.63) is 60.2 Å². The Morgan fingerprint density at radius 1 is 1.00 bits per heavy atom. The van der Waals surface area contributed by atoms with Crippen molar-refractivity contribution in [2.24, 2.45) is 4.99 Å². The van der Waals surface area contributed by atoms with Gasteiger partial charge in [-0.3, -0.25) is 4.99 Å². The first-order valence-electron chi connectivity index (χ1n) is 8.93. The predicted octanol–water partition coefficient (Wildman–Crippen LogP) is 3.02. The van der Waals surface area contributed by atoms with Crippen molar-refractivity contribution >= 4 is 39.8 Å². The summed E-state index contributed by atoms with van der Waals surface area (Å²) in [6, 6.07) is 16.4. The average molecular weight is 517 g/mol. The number of hydrogen-bond donors (Lipinski definition) is 2. The summed E-state index contributed by atoms with van der Waals surface area (Å²) in [5.41, 5.74) is 1.19. The van der Waals surface area contributed by atoms with E-state index in [0.29, 0.717) is 37.0 Å². The third kappa shape index (κ3) is 8.47. The standard InChI is InChI=1S/C20H27N3O3S.HI/c1-17-9-11-18(12-10-17)26-15-14-23-20(21-2)22-13-6-16-27(24,25)19-7-4-3-5-8-19;/h3-5,7-12H,6,13-16H2,1-2H3,(H2,21,22,23);1H. The van der Waals surface area contributed by atoms with Gasteiger partial charge in [0.15, 0.2) is 15.8 Å². The topological polar surface area (TPSA) is 79.8 Å². The first-order chi connectivity index (χ1) is 13.0. The Kier molecular flexibility index (Phi) is 10.9. The minimum atomic E-state index is -3.24. The summed E-state index contributed by atoms with van der Waals surface area (Å²) in [7, 11) is -1.56. The van der Waals surface area contributed by atoms with Crippen LogP contribution in [0.15, 0.2) is 64.5 Å². The molecule has 0 aliphatic heterocycles. The summed E-state index contributed by atoms with van der Waals surface area (Å²) in [6.07, 6.45) is 0.498. The molecule has 154 valence electrons. The number of aryl methyl sites for hydroxylation is 1. The molecule has 2 aromatic rings. The molecule has 2 rings (SSSR count). The van der Waals surface area contributed by atoms with Crippen LogP contribution in [0.1, 0.15) is 12.0 Å². The van der Waals surface area contributed by atoms with E-state index in [2.05, 4.69) is 15.6 Å². The molecule has 8 heteroatoms. The highest BCUT2D eigenvalue weighted by Crippen LogP contribution is 2.11. The SMILES string of the molecule is CN=C(NCCCS(=O)(=O)c1ccccc1)NCCOc1ccc(C)cc1.I. The van der Waals surface area contributed by atoms with E-state index in [0.717, 1.165) is 5.75 Å². The highest BCUT2D eigenvalue weighted by Gasteiger charge is 2.13. The number of hydrogen-bond acceptors (Lipinski definition) is 4. The number of guanidine groups is 1. The van der Waals surface area contributed by atoms with E-state index >= 15 is 0 Å². The average Bonchev–Trinajstić information content (AvgIpc) is 2.69. The zero-order valence-electron chi connectivity index (χ0n) is 16.2. The van der Waals surface area contributed by atoms with Crippen LogP contribution in [0.3, 0.4) is 0 Å². The molecule has 0 atom stereocenters. The van der Waals surface area contributed by atoms with Gasteiger partial charge in [-0.2, -0.15) is 0 Å². The molecule has 0 spiro atoms. The number of ether oxygens (including phenoxy) is 1. The summed E-state index contributed by atoms with van der Waals surface area (Å²) in [5, 5.41) is 6.26. The third-order valence-corrected chi connectivity index (χ3v) is 5.71. The molecule has 0 fully saturated rings. The normalized spacial score (nSPS) is 11.4. The number of nitrogens with one attached hydrogen (secondary N) is 2. The van der Waals surface area contributed by atoms with Crippen molar-refractivity contribution in [3.8, 4) is 5.75 Å². The molecule has 0 bridgehead atoms. The quantitative estimate of drug-likeness (QED) is 0.232. The Hall–Kier alpha value is -1.81. The van der Waals surface area contributed by atoms with Gasteiger partial charge >= 0.3 is 0 Å². The fourth-order valence-corrected chi connectivity index (χ4v) is 3.74. The van der Waals surface area contributed by atoms with Crippen LogP contribution in [0.25, 0.3) is 0 Å². The molecule has 0 saturated heterocycles. The zero-order chi connectivity index (χ0) is 19.5. The number of rotatable bonds is 9. The highest BCUT2D eigenvalue weighted by atomic mass is 127. The number of halogens is 1. The molecular formula is C20H28IN3O3S. The van der Waals surface area contributed by atoms with E-state index in [9.17, 15) is 8.42 Å². The Bertz CT molecular complexity index is 826. The number of aliphatic imine (C=N–C) groups is 1. The monoisotopic (exact) mass is 517 g/mol. The van der Waals surface area contributed by atoms with Crippen LogP contribution in [0.2, 0.25) is 0 Å². The predicted molar refractivity (Wildman–Crippen MR) is 125 cm³/mol. The molecule has 2 N–H and O–H groups in total. The molecule has 0 saturated carbocycles. The molecule has 0 aliphatic rings. The summed E-state index contributed by atoms with van der Waals surface area (Å²) >= 11 is 0. The van der Waals surface area contributed by atoms with Crippen molar-refractivity contribution < 1.29 is 13.2 Å². The van der Waals surface area contributed by atoms with Gasteiger partial charge in [-0.15, -0.1) is 24.0 Å². The lowest BCUT2D eigenvalue weighted by Gasteiger charge is -2.12. The maximum Gasteiger partial charge on any atom is 0.191 e. The van der Waals surface area contributed by atoms with Gasteiger partial charge in [-0.05, 0) is 37.6 Å². The molecule has 2 aromatic carbocycles. The molecular weight excluding hydrogens is 489 g/mol. The molecule has 0 unspecified atom stereocenters. The Labute approximate surface area is 184 Å². The maximum atomic E-state index is 12.2. The van der Waals surface area contributed by atoms with Gasteiger partial charge < -0.3 is 15.4 Å². The second-order valence-corrected chi connectivity index (χ2v) is 8.18. The van der Waals surface area contributed by atoms with Gasteiger partial charge in [0.1, 0.15) is 12.4 Å². The van der Waals surface area contributed by atoms with Crippen LogP contribution in [0, 0.1) is 6.92 Å². The van der Waals surface area contributed by atoms with Crippen molar-refractivity contribution in [2.75, 3.05) is 32.5 Å². The van der Waals surface area contributed by atoms with E-state index in [1.807, 2.05) is 31.2 Å². The van der Waals surface area contributed by atoms with Crippen molar-refractivity contribution in [3.63, 3.8) is 0 Å². The van der Waals surface area contributed by atoms with Gasteiger partial charge in [0.2, 0.25) is 0 Å². The van der Waals surface area contributed by atoms with Gasteiger partial charge in [0.05, 0.1) is 17.2 Å². The zero-order valence-corrected chi connectivity index (χ0v) is 19.4. The van der Waals surface area contributed by atoms with Gasteiger partial charge in [0, 0.05) is 13.6 Å². The summed E-state index contributed by atoms with van der Waals surface area (Å²) in [4.78, 5) is 4.49. The van der Waals surface area contributed by atoms with Gasteiger partial charge in [-0.25, -0.2) is 8.42 Å². The number of nitrogens with zero attached hydrogens (tertiary/aromatic N) is 1. The largest absolute Gasteiger partial charge is 0.492 e. The second-order valence-electron chi connectivity index (χ2n) is 6.07. The molecule has 0 radical (unpaired) electrons. The Morgan fingerprint density at radius 2 is 1.64 bits per heavy atom. The summed E-state index contributed by atoms with van der Waals surface area (Å²) < 4.78 is 30.1. The number of benzene rings is 2. The lowest BCUT2D eigenvalue weighted by Crippen LogP contribution is -2.40. The summed E-state index contributed by atoms with van der Waals surface area (Å²) in [6.45, 7) is 3.65. The van der Waals surface area contributed by atoms with Crippen molar-refractivity contribution in [1.82, 2.24) is 10.6 Å². The van der Waals surface area contributed by atoms with Crippen molar-refractivity contribution in [1.29, 1.82) is 0 Å². The Morgan fingerprint density at radius 3 is 2.29 bits per heavy atom. The fraction of sp³-hybridized carbons (Fsp3) is 0.350. The van der Waals surface area contributed by atoms with Crippen LogP contribution in [-0.2, 0) is 9.84 Å². The lowest BCUT2D eigenvalue weighted by molar-refractivity contribution is 0.322. The van der Waals surface area contributed by atoms with Crippen molar-refractivity contribution in [2.45, 2.75) is 18.2 Å². The minimum Gasteiger partial charge on any atom is -0.492 e. The van der Waals surface area contributed by atoms with Crippen LogP contribution in [-0.4, -0.2) is 46.9 Å². The smallest absolute Gasteiger partial charge is 0.191 e. The van der Waals surface area contributed by atoms with Crippen LogP contribution in [0.4, 0.5) is 0 Å². The summed E-state index contributed by atoms with van der Waals surface area (Å²) in [5.74, 6) is 1.55. The van der Waals surface area contributed by atoms with E-state index in [4.69, 9.17) is 4.74 Å². The van der Waals surface area contributed by atoms with Crippen LogP contribution in [0.5, 0.6) is 5.75 Å². The molecule has 28 heavy (non-hydrogen) atoms. The lowest BCUT2D eigenvalue weighted by atomic mass is 10.2. The molecule has 0 aromatic heterocycles. The minimum absolute atomic E-state index is 0. The first kappa shape index (κ1) is 24.2. The van der Waals surface area contributed by atoms with Gasteiger partial charge in [-0.1, -0.05) is 35.9 Å². The highest BCUT2D eigenvalue weighted by molar-refractivity contribution is 14.0. The van der Waals surface area contributed by atoms with Gasteiger partial charge in [0.25, 0.3) is 0 Å². The van der Waals surface area contributed by atoms with E-state index in [-0.39, 0.29) is 29.7 Å². The molecule has 0 heterocycles. The molecule has 0 aliphatic carbocycles. The second kappa shape index (κ2) is 12.6. The first-order valence-corrected chi connectivity index (χ1v) is 10.6. The molecule has 6 nitrogen and oxygen atoms in total. The van der Waals surface area contributed by atoms with Crippen LogP contribution >= 0.6 is 24.0 Å². The Balaban J connectivity index is 0.00000392. The van der Waals surface area contributed by atoms with E-state index in [1.165, 1.54) is 5.56 Å². The number of sulfone groups is 1. The fourth-order valence-electron chi connectivity index (χ4n) is 2.41. The van der Waals surface area contributed by atoms with E-state index < -0.39 is 9.84 Å².